The van der Waals surface area contributed by atoms with Gasteiger partial charge in [0, 0.05) is 0 Å². The van der Waals surface area contributed by atoms with Crippen LogP contribution in [0.2, 0.25) is 0 Å². The fourth-order valence-electron chi connectivity index (χ4n) is 1.63. The van der Waals surface area contributed by atoms with E-state index in [-0.39, 0.29) is 6.61 Å². The zero-order chi connectivity index (χ0) is 14.2. The monoisotopic (exact) mass is 272 g/mol. The third-order valence-corrected chi connectivity index (χ3v) is 2.50. The van der Waals surface area contributed by atoms with Crippen LogP contribution >= 0.6 is 0 Å². The van der Waals surface area contributed by atoms with Crippen molar-refractivity contribution < 1.29 is 19.0 Å². The van der Waals surface area contributed by atoms with Gasteiger partial charge in [-0.1, -0.05) is 30.3 Å². The zero-order valence-corrected chi connectivity index (χ0v) is 11.2. The van der Waals surface area contributed by atoms with Gasteiger partial charge in [-0.05, 0) is 36.8 Å². The van der Waals surface area contributed by atoms with Gasteiger partial charge in [0.25, 0.3) is 0 Å². The van der Waals surface area contributed by atoms with Crippen LogP contribution in [0, 0.1) is 0 Å². The minimum atomic E-state index is -0.665. The van der Waals surface area contributed by atoms with Crippen molar-refractivity contribution in [2.45, 2.75) is 13.5 Å². The Kier molecular flexibility index (Phi) is 5.00. The first-order valence-corrected chi connectivity index (χ1v) is 6.39. The van der Waals surface area contributed by atoms with Crippen molar-refractivity contribution in [2.24, 2.45) is 0 Å². The highest BCUT2D eigenvalue weighted by atomic mass is 16.7. The van der Waals surface area contributed by atoms with Gasteiger partial charge in [0.05, 0.1) is 6.61 Å². The van der Waals surface area contributed by atoms with Crippen LogP contribution in [0.1, 0.15) is 12.5 Å². The maximum absolute atomic E-state index is 11.1. The number of para-hydroxylation sites is 1. The molecule has 4 heteroatoms. The number of benzene rings is 2. The number of ether oxygens (including phenoxy) is 3. The third kappa shape index (κ3) is 4.31. The van der Waals surface area contributed by atoms with Crippen molar-refractivity contribution in [1.82, 2.24) is 0 Å². The molecule has 0 heterocycles. The number of hydrogen-bond acceptors (Lipinski definition) is 4. The van der Waals surface area contributed by atoms with E-state index in [1.54, 1.807) is 6.92 Å². The van der Waals surface area contributed by atoms with E-state index in [1.807, 2.05) is 54.6 Å². The SMILES string of the molecule is CCOC(=O)OCc1cccc(Oc2ccccc2)c1. The molecule has 0 amide bonds. The molecule has 0 saturated heterocycles. The Morgan fingerprint density at radius 1 is 0.950 bits per heavy atom. The van der Waals surface area contributed by atoms with Crippen LogP contribution in [-0.2, 0) is 16.1 Å². The molecule has 20 heavy (non-hydrogen) atoms. The Morgan fingerprint density at radius 3 is 2.45 bits per heavy atom. The summed E-state index contributed by atoms with van der Waals surface area (Å²) in [6.07, 6.45) is -0.665. The summed E-state index contributed by atoms with van der Waals surface area (Å²) in [6.45, 7) is 2.19. The minimum Gasteiger partial charge on any atom is -0.457 e. The molecule has 0 atom stereocenters. The van der Waals surface area contributed by atoms with Gasteiger partial charge in [-0.3, -0.25) is 0 Å². The first-order valence-electron chi connectivity index (χ1n) is 6.39. The number of carbonyl (C=O) groups is 1. The van der Waals surface area contributed by atoms with E-state index in [4.69, 9.17) is 14.2 Å². The van der Waals surface area contributed by atoms with Gasteiger partial charge in [0.2, 0.25) is 0 Å². The maximum atomic E-state index is 11.1. The summed E-state index contributed by atoms with van der Waals surface area (Å²) in [6, 6.07) is 16.9. The van der Waals surface area contributed by atoms with Gasteiger partial charge < -0.3 is 14.2 Å². The van der Waals surface area contributed by atoms with E-state index in [9.17, 15) is 4.79 Å². The molecule has 0 aliphatic rings. The van der Waals surface area contributed by atoms with Crippen molar-refractivity contribution in [1.29, 1.82) is 0 Å². The summed E-state index contributed by atoms with van der Waals surface area (Å²) in [7, 11) is 0. The molecule has 0 aliphatic carbocycles. The van der Waals surface area contributed by atoms with Crippen LogP contribution in [0.25, 0.3) is 0 Å². The average Bonchev–Trinajstić information content (AvgIpc) is 2.47. The molecule has 0 aliphatic heterocycles. The lowest BCUT2D eigenvalue weighted by atomic mass is 10.2. The summed E-state index contributed by atoms with van der Waals surface area (Å²) in [5, 5.41) is 0. The normalized spacial score (nSPS) is 9.85. The highest BCUT2D eigenvalue weighted by Gasteiger charge is 2.04. The van der Waals surface area contributed by atoms with Crippen molar-refractivity contribution >= 4 is 6.16 Å². The van der Waals surface area contributed by atoms with Crippen LogP contribution in [0.4, 0.5) is 4.79 Å². The minimum absolute atomic E-state index is 0.158. The van der Waals surface area contributed by atoms with Crippen molar-refractivity contribution in [3.05, 3.63) is 60.2 Å². The molecule has 0 bridgehead atoms. The molecular weight excluding hydrogens is 256 g/mol. The summed E-state index contributed by atoms with van der Waals surface area (Å²) < 4.78 is 15.4. The maximum Gasteiger partial charge on any atom is 0.508 e. The Hall–Kier alpha value is -2.49. The smallest absolute Gasteiger partial charge is 0.457 e. The summed E-state index contributed by atoms with van der Waals surface area (Å²) >= 11 is 0. The molecule has 0 radical (unpaired) electrons. The Balaban J connectivity index is 1.96. The predicted octanol–water partition coefficient (Wildman–Crippen LogP) is 4.15. The van der Waals surface area contributed by atoms with E-state index in [0.29, 0.717) is 12.4 Å². The topological polar surface area (TPSA) is 44.8 Å². The van der Waals surface area contributed by atoms with Crippen LogP contribution in [0.3, 0.4) is 0 Å². The van der Waals surface area contributed by atoms with Crippen molar-refractivity contribution in [3.8, 4) is 11.5 Å². The number of hydrogen-bond donors (Lipinski definition) is 0. The van der Waals surface area contributed by atoms with Crippen LogP contribution < -0.4 is 4.74 Å². The van der Waals surface area contributed by atoms with Gasteiger partial charge in [-0.25, -0.2) is 4.79 Å². The standard InChI is InChI=1S/C16H16O4/c1-2-18-16(17)19-12-13-7-6-10-15(11-13)20-14-8-4-3-5-9-14/h3-11H,2,12H2,1H3. The van der Waals surface area contributed by atoms with E-state index in [2.05, 4.69) is 0 Å². The third-order valence-electron chi connectivity index (χ3n) is 2.50. The highest BCUT2D eigenvalue weighted by molar-refractivity contribution is 5.59. The van der Waals surface area contributed by atoms with E-state index in [1.165, 1.54) is 0 Å². The first kappa shape index (κ1) is 13.9. The number of rotatable bonds is 5. The number of carbonyl (C=O) groups excluding carboxylic acids is 1. The lowest BCUT2D eigenvalue weighted by molar-refractivity contribution is 0.0535. The molecule has 104 valence electrons. The Bertz CT molecular complexity index is 551. The second kappa shape index (κ2) is 7.19. The zero-order valence-electron chi connectivity index (χ0n) is 11.2. The van der Waals surface area contributed by atoms with Gasteiger partial charge >= 0.3 is 6.16 Å². The first-order chi connectivity index (χ1) is 9.78. The van der Waals surface area contributed by atoms with E-state index < -0.39 is 6.16 Å². The lowest BCUT2D eigenvalue weighted by Crippen LogP contribution is -2.06. The van der Waals surface area contributed by atoms with Crippen molar-refractivity contribution in [3.63, 3.8) is 0 Å². The van der Waals surface area contributed by atoms with Crippen LogP contribution in [0.15, 0.2) is 54.6 Å². The quantitative estimate of drug-likeness (QED) is 0.767. The lowest BCUT2D eigenvalue weighted by Gasteiger charge is -2.08. The molecule has 0 N–H and O–H groups in total. The summed E-state index contributed by atoms with van der Waals surface area (Å²) in [5.74, 6) is 1.46. The molecular formula is C16H16O4. The van der Waals surface area contributed by atoms with Gasteiger partial charge in [-0.15, -0.1) is 0 Å². The van der Waals surface area contributed by atoms with Crippen LogP contribution in [-0.4, -0.2) is 12.8 Å². The molecule has 0 fully saturated rings. The fourth-order valence-corrected chi connectivity index (χ4v) is 1.63. The Labute approximate surface area is 117 Å². The van der Waals surface area contributed by atoms with Crippen molar-refractivity contribution in [2.75, 3.05) is 6.61 Å². The Morgan fingerprint density at radius 2 is 1.70 bits per heavy atom. The van der Waals surface area contributed by atoms with Crippen LogP contribution in [0.5, 0.6) is 11.5 Å². The molecule has 0 unspecified atom stereocenters. The molecule has 0 aromatic heterocycles. The molecule has 4 nitrogen and oxygen atoms in total. The van der Waals surface area contributed by atoms with Gasteiger partial charge in [-0.2, -0.15) is 0 Å². The molecule has 0 saturated carbocycles. The summed E-state index contributed by atoms with van der Waals surface area (Å²) in [5.41, 5.74) is 0.839. The molecule has 2 aromatic rings. The van der Waals surface area contributed by atoms with E-state index >= 15 is 0 Å². The highest BCUT2D eigenvalue weighted by Crippen LogP contribution is 2.22. The molecule has 2 rings (SSSR count). The predicted molar refractivity (Wildman–Crippen MR) is 74.8 cm³/mol. The fraction of sp³-hybridized carbons (Fsp3) is 0.188. The molecule has 2 aromatic carbocycles. The summed E-state index contributed by atoms with van der Waals surface area (Å²) in [4.78, 5) is 11.1. The largest absolute Gasteiger partial charge is 0.508 e. The van der Waals surface area contributed by atoms with Gasteiger partial charge in [0.15, 0.2) is 0 Å². The average molecular weight is 272 g/mol. The second-order valence-corrected chi connectivity index (χ2v) is 4.03. The van der Waals surface area contributed by atoms with E-state index in [0.717, 1.165) is 11.3 Å². The molecule has 0 spiro atoms. The van der Waals surface area contributed by atoms with Gasteiger partial charge in [0.1, 0.15) is 18.1 Å². The second-order valence-electron chi connectivity index (χ2n) is 4.03.